The number of piperazine rings is 1. The normalized spacial score (nSPS) is 16.8. The fourth-order valence-corrected chi connectivity index (χ4v) is 5.38. The minimum atomic E-state index is -0.540. The van der Waals surface area contributed by atoms with Crippen LogP contribution in [0, 0.1) is 12.7 Å². The van der Waals surface area contributed by atoms with E-state index in [0.29, 0.717) is 37.0 Å². The first-order valence-corrected chi connectivity index (χ1v) is 13.5. The van der Waals surface area contributed by atoms with Gasteiger partial charge in [0.05, 0.1) is 39.0 Å². The topological polar surface area (TPSA) is 66.8 Å². The van der Waals surface area contributed by atoms with Crippen molar-refractivity contribution in [3.05, 3.63) is 77.6 Å². The summed E-state index contributed by atoms with van der Waals surface area (Å²) in [6, 6.07) is 18.3. The Hall–Kier alpha value is -4.27. The quantitative estimate of drug-likeness (QED) is 0.364. The van der Waals surface area contributed by atoms with Crippen LogP contribution >= 0.6 is 0 Å². The van der Waals surface area contributed by atoms with Crippen LogP contribution in [0.4, 0.5) is 21.5 Å². The smallest absolute Gasteiger partial charge is 0.307 e. The standard InChI is InChI=1S/C31H35FN4O4/c1-5-40-23-9-6-8-22(19-23)34-14-16-35(17-15-34)31-33-30-24(10-7-11-25(30)32)26(20-29(37)39-4)36(31)27-18-21(2)12-13-28(27)38-3/h6-13,18-19,26H,5,14-17,20H2,1-4H3. The number of hydrogen-bond donors (Lipinski definition) is 0. The molecule has 0 bridgehead atoms. The fourth-order valence-electron chi connectivity index (χ4n) is 5.38. The summed E-state index contributed by atoms with van der Waals surface area (Å²) in [6.07, 6.45) is 0.0211. The molecule has 0 spiro atoms. The molecule has 3 aromatic rings. The number of para-hydroxylation sites is 1. The predicted molar refractivity (Wildman–Crippen MR) is 154 cm³/mol. The molecule has 0 saturated carbocycles. The average Bonchev–Trinajstić information content (AvgIpc) is 2.97. The van der Waals surface area contributed by atoms with E-state index < -0.39 is 17.8 Å². The van der Waals surface area contributed by atoms with Gasteiger partial charge in [-0.1, -0.05) is 24.3 Å². The van der Waals surface area contributed by atoms with Gasteiger partial charge in [-0.2, -0.15) is 0 Å². The van der Waals surface area contributed by atoms with E-state index in [1.165, 1.54) is 13.2 Å². The van der Waals surface area contributed by atoms with Crippen LogP contribution in [0.2, 0.25) is 0 Å². The second kappa shape index (κ2) is 11.9. The second-order valence-electron chi connectivity index (χ2n) is 9.84. The van der Waals surface area contributed by atoms with Gasteiger partial charge in [0.1, 0.15) is 23.0 Å². The van der Waals surface area contributed by atoms with Crippen LogP contribution in [0.1, 0.15) is 30.5 Å². The third-order valence-electron chi connectivity index (χ3n) is 7.35. The molecule has 9 heteroatoms. The Bertz CT molecular complexity index is 1400. The van der Waals surface area contributed by atoms with Gasteiger partial charge >= 0.3 is 5.97 Å². The molecule has 0 radical (unpaired) electrons. The molecule has 3 aromatic carbocycles. The van der Waals surface area contributed by atoms with Gasteiger partial charge in [0.25, 0.3) is 0 Å². The number of esters is 1. The maximum absolute atomic E-state index is 15.2. The van der Waals surface area contributed by atoms with Gasteiger partial charge in [0.15, 0.2) is 0 Å². The van der Waals surface area contributed by atoms with Crippen molar-refractivity contribution in [1.82, 2.24) is 4.90 Å². The number of guanidine groups is 1. The van der Waals surface area contributed by atoms with Crippen molar-refractivity contribution >= 4 is 29.0 Å². The molecule has 210 valence electrons. The molecule has 2 aliphatic heterocycles. The van der Waals surface area contributed by atoms with E-state index in [0.717, 1.165) is 35.8 Å². The molecule has 2 heterocycles. The number of methoxy groups -OCH3 is 2. The van der Waals surface area contributed by atoms with E-state index in [1.807, 2.05) is 55.1 Å². The molecule has 1 saturated heterocycles. The molecule has 2 aliphatic rings. The van der Waals surface area contributed by atoms with E-state index in [1.54, 1.807) is 13.2 Å². The molecule has 5 rings (SSSR count). The Morgan fingerprint density at radius 3 is 2.48 bits per heavy atom. The van der Waals surface area contributed by atoms with Crippen molar-refractivity contribution in [3.63, 3.8) is 0 Å². The van der Waals surface area contributed by atoms with Crippen LogP contribution in [0.15, 0.2) is 65.7 Å². The summed E-state index contributed by atoms with van der Waals surface area (Å²) < 4.78 is 31.8. The molecule has 40 heavy (non-hydrogen) atoms. The van der Waals surface area contributed by atoms with Gasteiger partial charge in [-0.05, 0) is 49.7 Å². The molecule has 0 aliphatic carbocycles. The number of halogens is 1. The first-order chi connectivity index (χ1) is 19.4. The first kappa shape index (κ1) is 27.3. The zero-order chi connectivity index (χ0) is 28.2. The molecule has 8 nitrogen and oxygen atoms in total. The molecular formula is C31H35FN4O4. The summed E-state index contributed by atoms with van der Waals surface area (Å²) in [7, 11) is 2.98. The van der Waals surface area contributed by atoms with Crippen molar-refractivity contribution in [1.29, 1.82) is 0 Å². The summed E-state index contributed by atoms with van der Waals surface area (Å²) in [5.74, 6) is 1.25. The number of carbonyl (C=O) groups is 1. The van der Waals surface area contributed by atoms with E-state index in [4.69, 9.17) is 19.2 Å². The Morgan fingerprint density at radius 2 is 1.75 bits per heavy atom. The van der Waals surface area contributed by atoms with Gasteiger partial charge < -0.3 is 28.9 Å². The third-order valence-corrected chi connectivity index (χ3v) is 7.35. The molecule has 1 unspecified atom stereocenters. The van der Waals surface area contributed by atoms with Gasteiger partial charge in [-0.3, -0.25) is 4.79 Å². The third kappa shape index (κ3) is 5.41. The number of benzene rings is 3. The van der Waals surface area contributed by atoms with Crippen molar-refractivity contribution in [2.24, 2.45) is 4.99 Å². The minimum absolute atomic E-state index is 0.0211. The highest BCUT2D eigenvalue weighted by atomic mass is 19.1. The molecule has 0 aromatic heterocycles. The zero-order valence-corrected chi connectivity index (χ0v) is 23.4. The number of aliphatic imine (C=N–C) groups is 1. The van der Waals surface area contributed by atoms with Crippen LogP contribution in [0.5, 0.6) is 11.5 Å². The molecule has 1 atom stereocenters. The number of ether oxygens (including phenoxy) is 3. The number of rotatable bonds is 7. The Labute approximate surface area is 234 Å². The van der Waals surface area contributed by atoms with E-state index in [-0.39, 0.29) is 12.1 Å². The lowest BCUT2D eigenvalue weighted by molar-refractivity contribution is -0.141. The summed E-state index contributed by atoms with van der Waals surface area (Å²) in [4.78, 5) is 24.1. The minimum Gasteiger partial charge on any atom is -0.495 e. The summed E-state index contributed by atoms with van der Waals surface area (Å²) in [6.45, 7) is 7.36. The van der Waals surface area contributed by atoms with Gasteiger partial charge in [-0.15, -0.1) is 0 Å². The van der Waals surface area contributed by atoms with Gasteiger partial charge in [-0.25, -0.2) is 9.38 Å². The molecular weight excluding hydrogens is 511 g/mol. The number of fused-ring (bicyclic) bond motifs is 1. The van der Waals surface area contributed by atoms with Crippen molar-refractivity contribution in [3.8, 4) is 11.5 Å². The highest BCUT2D eigenvalue weighted by Gasteiger charge is 2.38. The predicted octanol–water partition coefficient (Wildman–Crippen LogP) is 5.48. The van der Waals surface area contributed by atoms with Crippen molar-refractivity contribution in [2.45, 2.75) is 26.3 Å². The Morgan fingerprint density at radius 1 is 1.00 bits per heavy atom. The van der Waals surface area contributed by atoms with Crippen molar-refractivity contribution in [2.75, 3.05) is 56.8 Å². The van der Waals surface area contributed by atoms with Gasteiger partial charge in [0.2, 0.25) is 5.96 Å². The molecule has 0 N–H and O–H groups in total. The molecule has 1 fully saturated rings. The lowest BCUT2D eigenvalue weighted by Gasteiger charge is -2.45. The van der Waals surface area contributed by atoms with Gasteiger partial charge in [0, 0.05) is 43.5 Å². The first-order valence-electron chi connectivity index (χ1n) is 13.5. The number of nitrogens with zero attached hydrogens (tertiary/aromatic N) is 4. The number of aryl methyl sites for hydroxylation is 1. The second-order valence-corrected chi connectivity index (χ2v) is 9.84. The lowest BCUT2D eigenvalue weighted by Crippen LogP contribution is -2.55. The van der Waals surface area contributed by atoms with Crippen molar-refractivity contribution < 1.29 is 23.4 Å². The summed E-state index contributed by atoms with van der Waals surface area (Å²) >= 11 is 0. The maximum atomic E-state index is 15.2. The monoisotopic (exact) mass is 546 g/mol. The summed E-state index contributed by atoms with van der Waals surface area (Å²) in [5.41, 5.74) is 3.76. The van der Waals surface area contributed by atoms with E-state index in [9.17, 15) is 4.79 Å². The fraction of sp³-hybridized carbons (Fsp3) is 0.355. The number of hydrogen-bond acceptors (Lipinski definition) is 8. The number of anilines is 2. The van der Waals surface area contributed by atoms with Crippen LogP contribution in [-0.2, 0) is 9.53 Å². The van der Waals surface area contributed by atoms with Crippen LogP contribution < -0.4 is 19.3 Å². The lowest BCUT2D eigenvalue weighted by atomic mass is 9.96. The average molecular weight is 547 g/mol. The maximum Gasteiger partial charge on any atom is 0.307 e. The van der Waals surface area contributed by atoms with Crippen LogP contribution in [-0.4, -0.2) is 63.8 Å². The highest BCUT2D eigenvalue weighted by molar-refractivity contribution is 6.02. The van der Waals surface area contributed by atoms with E-state index >= 15 is 4.39 Å². The summed E-state index contributed by atoms with van der Waals surface area (Å²) in [5, 5.41) is 0. The zero-order valence-electron chi connectivity index (χ0n) is 23.4. The van der Waals surface area contributed by atoms with Crippen LogP contribution in [0.25, 0.3) is 0 Å². The molecule has 0 amide bonds. The largest absolute Gasteiger partial charge is 0.495 e. The van der Waals surface area contributed by atoms with Crippen LogP contribution in [0.3, 0.4) is 0 Å². The Kier molecular flexibility index (Phi) is 8.09. The number of carbonyl (C=O) groups excluding carboxylic acids is 1. The van der Waals surface area contributed by atoms with E-state index in [2.05, 4.69) is 21.9 Å². The Balaban J connectivity index is 1.55. The highest BCUT2D eigenvalue weighted by Crippen LogP contribution is 2.44. The SMILES string of the molecule is CCOc1cccc(N2CCN(C3=Nc4c(F)cccc4C(CC(=O)OC)N3c3cc(C)ccc3OC)CC2)c1.